The Labute approximate surface area is 113 Å². The monoisotopic (exact) mass is 270 g/mol. The maximum absolute atomic E-state index is 12.4. The molecular formula is C13H22N2O4. The number of nitrogens with zero attached hydrogens (tertiary/aromatic N) is 2. The SMILES string of the molecule is CC(C(=O)N1CCOCC1)N(CCC(=O)O)C1CC1. The average molecular weight is 270 g/mol. The average Bonchev–Trinajstić information content (AvgIpc) is 3.23. The molecule has 1 heterocycles. The van der Waals surface area contributed by atoms with E-state index < -0.39 is 5.97 Å². The highest BCUT2D eigenvalue weighted by Gasteiger charge is 2.36. The van der Waals surface area contributed by atoms with Crippen LogP contribution in [0.2, 0.25) is 0 Å². The second kappa shape index (κ2) is 6.34. The van der Waals surface area contributed by atoms with E-state index in [2.05, 4.69) is 0 Å². The second-order valence-corrected chi connectivity index (χ2v) is 5.23. The molecule has 6 nitrogen and oxygen atoms in total. The number of ether oxygens (including phenoxy) is 1. The summed E-state index contributed by atoms with van der Waals surface area (Å²) in [6, 6.07) is 0.157. The smallest absolute Gasteiger partial charge is 0.304 e. The van der Waals surface area contributed by atoms with Crippen LogP contribution in [-0.4, -0.2) is 71.7 Å². The van der Waals surface area contributed by atoms with Gasteiger partial charge in [0.25, 0.3) is 0 Å². The molecule has 1 unspecified atom stereocenters. The Kier molecular flexibility index (Phi) is 4.76. The van der Waals surface area contributed by atoms with Gasteiger partial charge in [-0.05, 0) is 19.8 Å². The van der Waals surface area contributed by atoms with Crippen LogP contribution in [0.25, 0.3) is 0 Å². The van der Waals surface area contributed by atoms with Crippen LogP contribution in [0.4, 0.5) is 0 Å². The van der Waals surface area contributed by atoms with Gasteiger partial charge in [0.15, 0.2) is 0 Å². The summed E-state index contributed by atoms with van der Waals surface area (Å²) < 4.78 is 5.24. The summed E-state index contributed by atoms with van der Waals surface area (Å²) in [5.41, 5.74) is 0. The second-order valence-electron chi connectivity index (χ2n) is 5.23. The minimum Gasteiger partial charge on any atom is -0.481 e. The number of carbonyl (C=O) groups excluding carboxylic acids is 1. The van der Waals surface area contributed by atoms with E-state index in [0.717, 1.165) is 12.8 Å². The largest absolute Gasteiger partial charge is 0.481 e. The first-order valence-electron chi connectivity index (χ1n) is 6.93. The number of hydrogen-bond acceptors (Lipinski definition) is 4. The molecule has 2 aliphatic rings. The zero-order chi connectivity index (χ0) is 13.8. The molecule has 1 N–H and O–H groups in total. The molecule has 108 valence electrons. The Bertz CT molecular complexity index is 338. The molecule has 1 aliphatic heterocycles. The summed E-state index contributed by atoms with van der Waals surface area (Å²) in [6.45, 7) is 4.81. The minimum absolute atomic E-state index is 0.0945. The van der Waals surface area contributed by atoms with Crippen LogP contribution in [0.1, 0.15) is 26.2 Å². The van der Waals surface area contributed by atoms with Gasteiger partial charge in [0.1, 0.15) is 0 Å². The van der Waals surface area contributed by atoms with E-state index in [-0.39, 0.29) is 18.4 Å². The van der Waals surface area contributed by atoms with Gasteiger partial charge in [0, 0.05) is 25.7 Å². The van der Waals surface area contributed by atoms with Crippen molar-refractivity contribution in [2.75, 3.05) is 32.8 Å². The Morgan fingerprint density at radius 3 is 2.53 bits per heavy atom. The molecular weight excluding hydrogens is 248 g/mol. The lowest BCUT2D eigenvalue weighted by molar-refractivity contribution is -0.143. The number of hydrogen-bond donors (Lipinski definition) is 1. The molecule has 0 bridgehead atoms. The van der Waals surface area contributed by atoms with Gasteiger partial charge in [-0.1, -0.05) is 0 Å². The van der Waals surface area contributed by atoms with Crippen LogP contribution < -0.4 is 0 Å². The van der Waals surface area contributed by atoms with Gasteiger partial charge in [0.05, 0.1) is 25.7 Å². The van der Waals surface area contributed by atoms with Crippen molar-refractivity contribution in [1.29, 1.82) is 0 Å². The molecule has 19 heavy (non-hydrogen) atoms. The van der Waals surface area contributed by atoms with Gasteiger partial charge in [-0.15, -0.1) is 0 Å². The maximum Gasteiger partial charge on any atom is 0.304 e. The van der Waals surface area contributed by atoms with Crippen LogP contribution in [0.5, 0.6) is 0 Å². The number of aliphatic carboxylic acids is 1. The fraction of sp³-hybridized carbons (Fsp3) is 0.846. The lowest BCUT2D eigenvalue weighted by Crippen LogP contribution is -2.51. The third-order valence-corrected chi connectivity index (χ3v) is 3.78. The lowest BCUT2D eigenvalue weighted by Gasteiger charge is -2.34. The van der Waals surface area contributed by atoms with Gasteiger partial charge in [0.2, 0.25) is 5.91 Å². The van der Waals surface area contributed by atoms with Crippen molar-refractivity contribution < 1.29 is 19.4 Å². The van der Waals surface area contributed by atoms with E-state index in [0.29, 0.717) is 38.9 Å². The van der Waals surface area contributed by atoms with Crippen molar-refractivity contribution in [1.82, 2.24) is 9.80 Å². The number of rotatable bonds is 6. The quantitative estimate of drug-likeness (QED) is 0.745. The lowest BCUT2D eigenvalue weighted by atomic mass is 10.2. The third kappa shape index (κ3) is 3.91. The minimum atomic E-state index is -0.809. The predicted molar refractivity (Wildman–Crippen MR) is 68.8 cm³/mol. The topological polar surface area (TPSA) is 70.1 Å². The first-order chi connectivity index (χ1) is 9.09. The van der Waals surface area contributed by atoms with E-state index in [1.54, 1.807) is 0 Å². The third-order valence-electron chi connectivity index (χ3n) is 3.78. The van der Waals surface area contributed by atoms with E-state index in [9.17, 15) is 9.59 Å². The molecule has 1 amide bonds. The first kappa shape index (κ1) is 14.3. The molecule has 0 radical (unpaired) electrons. The van der Waals surface area contributed by atoms with Gasteiger partial charge in [-0.3, -0.25) is 14.5 Å². The van der Waals surface area contributed by atoms with Crippen molar-refractivity contribution in [3.8, 4) is 0 Å². The van der Waals surface area contributed by atoms with Crippen LogP contribution in [0, 0.1) is 0 Å². The molecule has 0 aromatic rings. The van der Waals surface area contributed by atoms with E-state index >= 15 is 0 Å². The summed E-state index contributed by atoms with van der Waals surface area (Å²) in [4.78, 5) is 27.0. The zero-order valence-electron chi connectivity index (χ0n) is 11.4. The summed E-state index contributed by atoms with van der Waals surface area (Å²) >= 11 is 0. The fourth-order valence-corrected chi connectivity index (χ4v) is 2.51. The first-order valence-corrected chi connectivity index (χ1v) is 6.93. The molecule has 1 saturated carbocycles. The number of amides is 1. The van der Waals surface area contributed by atoms with Crippen molar-refractivity contribution in [3.63, 3.8) is 0 Å². The highest BCUT2D eigenvalue weighted by Crippen LogP contribution is 2.29. The summed E-state index contributed by atoms with van der Waals surface area (Å²) in [5.74, 6) is -0.711. The summed E-state index contributed by atoms with van der Waals surface area (Å²) in [6.07, 6.45) is 2.23. The number of carboxylic acid groups (broad SMARTS) is 1. The number of carboxylic acids is 1. The summed E-state index contributed by atoms with van der Waals surface area (Å²) in [5, 5.41) is 8.80. The van der Waals surface area contributed by atoms with Crippen LogP contribution in [0.15, 0.2) is 0 Å². The van der Waals surface area contributed by atoms with Gasteiger partial charge >= 0.3 is 5.97 Å². The molecule has 1 saturated heterocycles. The molecule has 2 rings (SSSR count). The number of morpholine rings is 1. The van der Waals surface area contributed by atoms with E-state index in [1.165, 1.54) is 0 Å². The Hall–Kier alpha value is -1.14. The molecule has 6 heteroatoms. The van der Waals surface area contributed by atoms with Crippen LogP contribution >= 0.6 is 0 Å². The molecule has 0 spiro atoms. The molecule has 1 aliphatic carbocycles. The summed E-state index contributed by atoms with van der Waals surface area (Å²) in [7, 11) is 0. The Balaban J connectivity index is 1.91. The molecule has 1 atom stereocenters. The van der Waals surface area contributed by atoms with Crippen LogP contribution in [-0.2, 0) is 14.3 Å². The fourth-order valence-electron chi connectivity index (χ4n) is 2.51. The van der Waals surface area contributed by atoms with Crippen LogP contribution in [0.3, 0.4) is 0 Å². The Morgan fingerprint density at radius 1 is 1.37 bits per heavy atom. The van der Waals surface area contributed by atoms with E-state index in [4.69, 9.17) is 9.84 Å². The van der Waals surface area contributed by atoms with Gasteiger partial charge in [-0.25, -0.2) is 0 Å². The highest BCUT2D eigenvalue weighted by molar-refractivity contribution is 5.81. The molecule has 0 aromatic heterocycles. The Morgan fingerprint density at radius 2 is 2.00 bits per heavy atom. The molecule has 0 aromatic carbocycles. The van der Waals surface area contributed by atoms with Crippen molar-refractivity contribution in [2.24, 2.45) is 0 Å². The van der Waals surface area contributed by atoms with Gasteiger partial charge in [-0.2, -0.15) is 0 Å². The van der Waals surface area contributed by atoms with Crippen molar-refractivity contribution in [3.05, 3.63) is 0 Å². The van der Waals surface area contributed by atoms with Crippen molar-refractivity contribution >= 4 is 11.9 Å². The van der Waals surface area contributed by atoms with Crippen molar-refractivity contribution in [2.45, 2.75) is 38.3 Å². The van der Waals surface area contributed by atoms with E-state index in [1.807, 2.05) is 16.7 Å². The maximum atomic E-state index is 12.4. The predicted octanol–water partition coefficient (Wildman–Crippen LogP) is 0.173. The normalized spacial score (nSPS) is 21.5. The molecule has 2 fully saturated rings. The number of carbonyl (C=O) groups is 2. The highest BCUT2D eigenvalue weighted by atomic mass is 16.5. The standard InChI is InChI=1S/C13H22N2O4/c1-10(13(18)14-6-8-19-9-7-14)15(11-2-3-11)5-4-12(16)17/h10-11H,2-9H2,1H3,(H,16,17). The zero-order valence-corrected chi connectivity index (χ0v) is 11.4. The van der Waals surface area contributed by atoms with Gasteiger partial charge < -0.3 is 14.7 Å².